The van der Waals surface area contributed by atoms with Gasteiger partial charge in [-0.15, -0.1) is 0 Å². The first-order chi connectivity index (χ1) is 11.3. The Kier molecular flexibility index (Phi) is 13.7. The number of hydrogen-bond acceptors (Lipinski definition) is 6. The summed E-state index contributed by atoms with van der Waals surface area (Å²) in [4.78, 5) is 0. The van der Waals surface area contributed by atoms with Crippen molar-refractivity contribution in [2.45, 2.75) is 75.2 Å². The van der Waals surface area contributed by atoms with E-state index in [2.05, 4.69) is 26.9 Å². The average Bonchev–Trinajstić information content (AvgIpc) is 2.63. The highest BCUT2D eigenvalue weighted by Crippen LogP contribution is 2.39. The molecular weight excluding hydrogens is 376 g/mol. The van der Waals surface area contributed by atoms with Gasteiger partial charge in [0.05, 0.1) is 0 Å². The van der Waals surface area contributed by atoms with E-state index in [0.717, 1.165) is 24.9 Å². The van der Waals surface area contributed by atoms with Crippen LogP contribution in [-0.2, 0) is 17.7 Å². The molecule has 0 heterocycles. The van der Waals surface area contributed by atoms with Crippen molar-refractivity contribution in [1.29, 1.82) is 0 Å². The first-order valence-electron chi connectivity index (χ1n) is 8.84. The summed E-state index contributed by atoms with van der Waals surface area (Å²) in [7, 11) is 7.31. The van der Waals surface area contributed by atoms with Crippen molar-refractivity contribution in [3.05, 3.63) is 0 Å². The Morgan fingerprint density at radius 2 is 0.958 bits per heavy atom. The van der Waals surface area contributed by atoms with Crippen molar-refractivity contribution in [3.63, 3.8) is 0 Å². The summed E-state index contributed by atoms with van der Waals surface area (Å²) in [6.45, 7) is 8.84. The lowest BCUT2D eigenvalue weighted by molar-refractivity contribution is 0.248. The van der Waals surface area contributed by atoms with Gasteiger partial charge >= 0.3 is 17.1 Å². The van der Waals surface area contributed by atoms with Crippen molar-refractivity contribution in [1.82, 2.24) is 0 Å². The molecule has 0 saturated carbocycles. The van der Waals surface area contributed by atoms with Crippen molar-refractivity contribution in [3.8, 4) is 0 Å². The number of hydrogen-bond donors (Lipinski definition) is 0. The summed E-state index contributed by atoms with van der Waals surface area (Å²) in [5.41, 5.74) is 0. The van der Waals surface area contributed by atoms with Crippen LogP contribution in [0.15, 0.2) is 0 Å². The Hall–Kier alpha value is 0.974. The molecule has 0 rings (SSSR count). The molecule has 0 N–H and O–H groups in total. The van der Waals surface area contributed by atoms with Gasteiger partial charge in [0.2, 0.25) is 0 Å². The molecule has 0 aliphatic heterocycles. The molecule has 2 unspecified atom stereocenters. The zero-order valence-corrected chi connectivity index (χ0v) is 20.5. The molecule has 4 nitrogen and oxygen atoms in total. The van der Waals surface area contributed by atoms with Crippen LogP contribution < -0.4 is 0 Å². The smallest absolute Gasteiger partial charge is 0.334 e. The molecule has 0 saturated heterocycles. The van der Waals surface area contributed by atoms with Gasteiger partial charge in [-0.3, -0.25) is 0 Å². The highest BCUT2D eigenvalue weighted by atomic mass is 33.1. The van der Waals surface area contributed by atoms with Crippen molar-refractivity contribution in [2.24, 2.45) is 0 Å². The van der Waals surface area contributed by atoms with Gasteiger partial charge in [-0.25, -0.2) is 0 Å². The molecule has 8 heteroatoms. The summed E-state index contributed by atoms with van der Waals surface area (Å²) in [5, 5.41) is 1.32. The Labute approximate surface area is 160 Å². The third-order valence-corrected chi connectivity index (χ3v) is 14.4. The topological polar surface area (TPSA) is 36.9 Å². The lowest BCUT2D eigenvalue weighted by atomic mass is 10.3. The predicted molar refractivity (Wildman–Crippen MR) is 113 cm³/mol. The van der Waals surface area contributed by atoms with Gasteiger partial charge in [0.15, 0.2) is 0 Å². The molecule has 0 amide bonds. The molecule has 0 spiro atoms. The molecule has 146 valence electrons. The molecule has 0 aromatic rings. The second-order valence-electron chi connectivity index (χ2n) is 6.41. The molecule has 24 heavy (non-hydrogen) atoms. The Balaban J connectivity index is 4.32. The summed E-state index contributed by atoms with van der Waals surface area (Å²) < 4.78 is 22.4. The molecule has 0 radical (unpaired) electrons. The molecule has 0 aliphatic carbocycles. The van der Waals surface area contributed by atoms with E-state index in [1.165, 1.54) is 12.8 Å². The van der Waals surface area contributed by atoms with Crippen LogP contribution in [0.5, 0.6) is 0 Å². The summed E-state index contributed by atoms with van der Waals surface area (Å²) in [5.74, 6) is 0. The first kappa shape index (κ1) is 25.0. The highest BCUT2D eigenvalue weighted by Gasteiger charge is 2.31. The Morgan fingerprint density at radius 1 is 0.667 bits per heavy atom. The van der Waals surface area contributed by atoms with Gasteiger partial charge in [-0.1, -0.05) is 35.4 Å². The van der Waals surface area contributed by atoms with Crippen LogP contribution in [0, 0.1) is 0 Å². The zero-order chi connectivity index (χ0) is 18.6. The molecule has 2 atom stereocenters. The van der Waals surface area contributed by atoms with E-state index in [4.69, 9.17) is 17.7 Å². The van der Waals surface area contributed by atoms with Crippen molar-refractivity contribution >= 4 is 38.7 Å². The van der Waals surface area contributed by atoms with E-state index < -0.39 is 17.1 Å². The van der Waals surface area contributed by atoms with Gasteiger partial charge in [0.25, 0.3) is 0 Å². The third-order valence-electron chi connectivity index (χ3n) is 4.81. The summed E-state index contributed by atoms with van der Waals surface area (Å²) >= 11 is 0. The number of rotatable bonds is 15. The fourth-order valence-corrected chi connectivity index (χ4v) is 8.88. The minimum atomic E-state index is -1.94. The maximum absolute atomic E-state index is 5.61. The standard InChI is InChI=1S/C16H38O4S2Si2/c1-9-15(11-13-23(7,17-3)18-4)21-22-16(10-2)12-14-24(8,19-5)20-6/h15-16H,9-14H2,1-8H3. The molecule has 0 aliphatic rings. The van der Waals surface area contributed by atoms with E-state index in [1.807, 2.05) is 21.6 Å². The molecule has 0 aromatic heterocycles. The van der Waals surface area contributed by atoms with Gasteiger partial charge in [0.1, 0.15) is 0 Å². The van der Waals surface area contributed by atoms with Crippen LogP contribution in [-0.4, -0.2) is 56.1 Å². The lowest BCUT2D eigenvalue weighted by Crippen LogP contribution is -2.36. The molecular formula is C16H38O4S2Si2. The second-order valence-corrected chi connectivity index (χ2v) is 16.5. The summed E-state index contributed by atoms with van der Waals surface area (Å²) in [6.07, 6.45) is 4.71. The third kappa shape index (κ3) is 9.61. The van der Waals surface area contributed by atoms with E-state index in [1.54, 1.807) is 28.4 Å². The minimum Gasteiger partial charge on any atom is -0.398 e. The normalized spacial score (nSPS) is 15.5. The SMILES string of the molecule is CCC(CC[Si](C)(OC)OC)SSC(CC)CC[Si](C)(OC)OC. The van der Waals surface area contributed by atoms with Crippen LogP contribution >= 0.6 is 21.6 Å². The quantitative estimate of drug-likeness (QED) is 0.262. The predicted octanol–water partition coefficient (Wildman–Crippen LogP) is 5.43. The average molecular weight is 415 g/mol. The Morgan fingerprint density at radius 3 is 1.17 bits per heavy atom. The van der Waals surface area contributed by atoms with Gasteiger partial charge in [-0.2, -0.15) is 0 Å². The van der Waals surface area contributed by atoms with E-state index in [9.17, 15) is 0 Å². The van der Waals surface area contributed by atoms with Crippen LogP contribution in [0.2, 0.25) is 25.2 Å². The lowest BCUT2D eigenvalue weighted by Gasteiger charge is -2.26. The van der Waals surface area contributed by atoms with E-state index >= 15 is 0 Å². The maximum atomic E-state index is 5.61. The largest absolute Gasteiger partial charge is 0.398 e. The van der Waals surface area contributed by atoms with Crippen LogP contribution in [0.4, 0.5) is 0 Å². The first-order valence-corrected chi connectivity index (χ1v) is 16.2. The monoisotopic (exact) mass is 414 g/mol. The van der Waals surface area contributed by atoms with Crippen LogP contribution in [0.3, 0.4) is 0 Å². The van der Waals surface area contributed by atoms with E-state index in [-0.39, 0.29) is 0 Å². The molecule has 0 bridgehead atoms. The molecule has 0 fully saturated rings. The van der Waals surface area contributed by atoms with Gasteiger partial charge in [0, 0.05) is 38.9 Å². The zero-order valence-electron chi connectivity index (χ0n) is 16.8. The van der Waals surface area contributed by atoms with Gasteiger partial charge < -0.3 is 17.7 Å². The maximum Gasteiger partial charge on any atom is 0.334 e. The van der Waals surface area contributed by atoms with Crippen molar-refractivity contribution < 1.29 is 17.7 Å². The molecule has 0 aromatic carbocycles. The van der Waals surface area contributed by atoms with Crippen LogP contribution in [0.1, 0.15) is 39.5 Å². The Bertz CT molecular complexity index is 286. The minimum absolute atomic E-state index is 0.662. The van der Waals surface area contributed by atoms with Gasteiger partial charge in [-0.05, 0) is 50.9 Å². The fourth-order valence-electron chi connectivity index (χ4n) is 2.22. The van der Waals surface area contributed by atoms with Crippen LogP contribution in [0.25, 0.3) is 0 Å². The summed E-state index contributed by atoms with van der Waals surface area (Å²) in [6, 6.07) is 2.11. The highest BCUT2D eigenvalue weighted by molar-refractivity contribution is 8.77. The fraction of sp³-hybridized carbons (Fsp3) is 1.00. The van der Waals surface area contributed by atoms with Crippen molar-refractivity contribution in [2.75, 3.05) is 28.4 Å². The second kappa shape index (κ2) is 13.2. The van der Waals surface area contributed by atoms with E-state index in [0.29, 0.717) is 10.5 Å².